The van der Waals surface area contributed by atoms with Crippen LogP contribution in [0.1, 0.15) is 33.1 Å². The molecule has 1 saturated heterocycles. The summed E-state index contributed by atoms with van der Waals surface area (Å²) in [6, 6.07) is 7.92. The lowest BCUT2D eigenvalue weighted by atomic mass is 10.0. The minimum Gasteiger partial charge on any atom is -0.492 e. The van der Waals surface area contributed by atoms with Crippen LogP contribution < -0.4 is 4.74 Å². The van der Waals surface area contributed by atoms with Crippen molar-refractivity contribution in [3.05, 3.63) is 24.3 Å². The highest BCUT2D eigenvalue weighted by Crippen LogP contribution is 2.26. The van der Waals surface area contributed by atoms with Crippen molar-refractivity contribution in [1.82, 2.24) is 25.1 Å². The lowest BCUT2D eigenvalue weighted by molar-refractivity contribution is -0.131. The van der Waals surface area contributed by atoms with Crippen molar-refractivity contribution in [2.75, 3.05) is 18.9 Å². The molecular weight excluding hydrogens is 338 g/mol. The number of thioether (sulfide) groups is 1. The number of ether oxygens (including phenoxy) is 1. The summed E-state index contributed by atoms with van der Waals surface area (Å²) < 4.78 is 7.28. The van der Waals surface area contributed by atoms with Gasteiger partial charge >= 0.3 is 0 Å². The third kappa shape index (κ3) is 4.12. The molecule has 1 amide bonds. The predicted octanol–water partition coefficient (Wildman–Crippen LogP) is 2.55. The van der Waals surface area contributed by atoms with E-state index in [4.69, 9.17) is 4.74 Å². The Balaban J connectivity index is 1.71. The number of benzene rings is 1. The van der Waals surface area contributed by atoms with E-state index >= 15 is 0 Å². The van der Waals surface area contributed by atoms with Gasteiger partial charge in [-0.1, -0.05) is 23.9 Å². The number of hydrogen-bond acceptors (Lipinski definition) is 6. The summed E-state index contributed by atoms with van der Waals surface area (Å²) in [5, 5.41) is 12.5. The second-order valence-corrected chi connectivity index (χ2v) is 6.94. The minimum atomic E-state index is 0.143. The zero-order chi connectivity index (χ0) is 17.6. The number of tetrazole rings is 1. The molecule has 25 heavy (non-hydrogen) atoms. The molecule has 2 aromatic rings. The van der Waals surface area contributed by atoms with Gasteiger partial charge in [0.1, 0.15) is 11.4 Å². The highest BCUT2D eigenvalue weighted by Gasteiger charge is 2.24. The van der Waals surface area contributed by atoms with Gasteiger partial charge in [-0.2, -0.15) is 4.68 Å². The summed E-state index contributed by atoms with van der Waals surface area (Å²) in [6.45, 7) is 5.46. The van der Waals surface area contributed by atoms with Gasteiger partial charge in [0.05, 0.1) is 12.4 Å². The molecule has 8 heteroatoms. The van der Waals surface area contributed by atoms with Gasteiger partial charge in [-0.25, -0.2) is 0 Å². The predicted molar refractivity (Wildman–Crippen MR) is 96.1 cm³/mol. The van der Waals surface area contributed by atoms with Crippen LogP contribution in [0.5, 0.6) is 5.75 Å². The quantitative estimate of drug-likeness (QED) is 0.736. The Hall–Kier alpha value is -2.09. The first-order chi connectivity index (χ1) is 12.2. The third-order valence-electron chi connectivity index (χ3n) is 4.28. The summed E-state index contributed by atoms with van der Waals surface area (Å²) in [5.41, 5.74) is 0.774. The van der Waals surface area contributed by atoms with Gasteiger partial charge in [0.15, 0.2) is 0 Å². The highest BCUT2D eigenvalue weighted by atomic mass is 32.2. The fourth-order valence-electron chi connectivity index (χ4n) is 3.01. The normalized spacial score (nSPS) is 17.5. The molecule has 0 radical (unpaired) electrons. The summed E-state index contributed by atoms with van der Waals surface area (Å²) >= 11 is 1.36. The molecule has 2 heterocycles. The Bertz CT molecular complexity index is 721. The van der Waals surface area contributed by atoms with Crippen LogP contribution in [0.15, 0.2) is 29.4 Å². The molecule has 0 saturated carbocycles. The van der Waals surface area contributed by atoms with Crippen LogP contribution in [-0.2, 0) is 4.79 Å². The van der Waals surface area contributed by atoms with Gasteiger partial charge in [0.2, 0.25) is 11.1 Å². The summed E-state index contributed by atoms with van der Waals surface area (Å²) in [6.07, 6.45) is 3.36. The Morgan fingerprint density at radius 3 is 3.00 bits per heavy atom. The lowest BCUT2D eigenvalue weighted by Gasteiger charge is -2.33. The largest absolute Gasteiger partial charge is 0.492 e. The topological polar surface area (TPSA) is 73.1 Å². The van der Waals surface area contributed by atoms with Gasteiger partial charge in [0, 0.05) is 12.6 Å². The molecule has 0 N–H and O–H groups in total. The second-order valence-electron chi connectivity index (χ2n) is 5.99. The zero-order valence-electron chi connectivity index (χ0n) is 14.6. The van der Waals surface area contributed by atoms with Crippen molar-refractivity contribution < 1.29 is 9.53 Å². The van der Waals surface area contributed by atoms with Gasteiger partial charge in [-0.3, -0.25) is 4.79 Å². The van der Waals surface area contributed by atoms with Crippen LogP contribution in [0.4, 0.5) is 0 Å². The van der Waals surface area contributed by atoms with Crippen molar-refractivity contribution in [2.45, 2.75) is 44.3 Å². The Morgan fingerprint density at radius 1 is 1.36 bits per heavy atom. The number of hydrogen-bond donors (Lipinski definition) is 0. The second kappa shape index (κ2) is 8.33. The molecule has 7 nitrogen and oxygen atoms in total. The first kappa shape index (κ1) is 17.7. The van der Waals surface area contributed by atoms with E-state index in [0.717, 1.165) is 30.8 Å². The number of likely N-dealkylation sites (tertiary alicyclic amines) is 1. The maximum absolute atomic E-state index is 12.5. The van der Waals surface area contributed by atoms with E-state index < -0.39 is 0 Å². The van der Waals surface area contributed by atoms with Crippen LogP contribution >= 0.6 is 11.8 Å². The van der Waals surface area contributed by atoms with Gasteiger partial charge in [-0.15, -0.1) is 5.10 Å². The average Bonchev–Trinajstić information content (AvgIpc) is 3.09. The van der Waals surface area contributed by atoms with Crippen LogP contribution in [-0.4, -0.2) is 56.0 Å². The van der Waals surface area contributed by atoms with Crippen molar-refractivity contribution in [3.63, 3.8) is 0 Å². The number of carbonyl (C=O) groups excluding carboxylic acids is 1. The van der Waals surface area contributed by atoms with Gasteiger partial charge in [0.25, 0.3) is 0 Å². The Kier molecular flexibility index (Phi) is 5.91. The first-order valence-electron chi connectivity index (χ1n) is 8.63. The highest BCUT2D eigenvalue weighted by molar-refractivity contribution is 7.99. The fraction of sp³-hybridized carbons (Fsp3) is 0.529. The van der Waals surface area contributed by atoms with E-state index in [1.807, 2.05) is 36.1 Å². The minimum absolute atomic E-state index is 0.143. The smallest absolute Gasteiger partial charge is 0.233 e. The number of carbonyl (C=O) groups is 1. The average molecular weight is 361 g/mol. The molecule has 134 valence electrons. The van der Waals surface area contributed by atoms with Crippen LogP contribution in [0, 0.1) is 0 Å². The van der Waals surface area contributed by atoms with Gasteiger partial charge < -0.3 is 9.64 Å². The van der Waals surface area contributed by atoms with Crippen molar-refractivity contribution in [2.24, 2.45) is 0 Å². The zero-order valence-corrected chi connectivity index (χ0v) is 15.4. The number of rotatable bonds is 6. The van der Waals surface area contributed by atoms with Crippen molar-refractivity contribution in [3.8, 4) is 11.4 Å². The molecule has 0 bridgehead atoms. The van der Waals surface area contributed by atoms with Crippen molar-refractivity contribution >= 4 is 17.7 Å². The lowest BCUT2D eigenvalue weighted by Crippen LogP contribution is -2.42. The van der Waals surface area contributed by atoms with Crippen LogP contribution in [0.2, 0.25) is 0 Å². The van der Waals surface area contributed by atoms with E-state index in [9.17, 15) is 4.79 Å². The first-order valence-corrected chi connectivity index (χ1v) is 9.62. The standard InChI is InChI=1S/C17H23N5O2S/c1-3-24-15-10-5-4-9-14(15)22-17(18-19-20-22)25-12-16(23)21-11-7-6-8-13(21)2/h4-5,9-10,13H,3,6-8,11-12H2,1-2H3/t13-/m1/s1. The molecule has 1 atom stereocenters. The molecule has 1 aliphatic heterocycles. The molecule has 0 unspecified atom stereocenters. The maximum Gasteiger partial charge on any atom is 0.233 e. The Morgan fingerprint density at radius 2 is 2.20 bits per heavy atom. The number of para-hydroxylation sites is 2. The fourth-order valence-corrected chi connectivity index (χ4v) is 3.78. The van der Waals surface area contributed by atoms with E-state index in [0.29, 0.717) is 23.6 Å². The molecule has 3 rings (SSSR count). The van der Waals surface area contributed by atoms with Crippen molar-refractivity contribution in [1.29, 1.82) is 0 Å². The third-order valence-corrected chi connectivity index (χ3v) is 5.19. The molecule has 1 aromatic carbocycles. The molecule has 1 aromatic heterocycles. The molecule has 0 aliphatic carbocycles. The Labute approximate surface area is 151 Å². The monoisotopic (exact) mass is 361 g/mol. The maximum atomic E-state index is 12.5. The number of piperidine rings is 1. The molecular formula is C17H23N5O2S. The van der Waals surface area contributed by atoms with Gasteiger partial charge in [-0.05, 0) is 55.7 Å². The number of nitrogens with zero attached hydrogens (tertiary/aromatic N) is 5. The summed E-state index contributed by atoms with van der Waals surface area (Å²) in [7, 11) is 0. The summed E-state index contributed by atoms with van der Waals surface area (Å²) in [5.74, 6) is 1.20. The SMILES string of the molecule is CCOc1ccccc1-n1nnnc1SCC(=O)N1CCCC[C@H]1C. The summed E-state index contributed by atoms with van der Waals surface area (Å²) in [4.78, 5) is 14.5. The van der Waals surface area contributed by atoms with E-state index in [-0.39, 0.29) is 5.91 Å². The molecule has 0 spiro atoms. The van der Waals surface area contributed by atoms with E-state index in [1.165, 1.54) is 18.2 Å². The van der Waals surface area contributed by atoms with E-state index in [1.54, 1.807) is 4.68 Å². The van der Waals surface area contributed by atoms with E-state index in [2.05, 4.69) is 22.4 Å². The molecule has 1 aliphatic rings. The molecule has 1 fully saturated rings. The number of amides is 1. The van der Waals surface area contributed by atoms with Crippen LogP contribution in [0.3, 0.4) is 0 Å². The number of aromatic nitrogens is 4. The van der Waals surface area contributed by atoms with Crippen LogP contribution in [0.25, 0.3) is 5.69 Å².